The van der Waals surface area contributed by atoms with Gasteiger partial charge in [-0.3, -0.25) is 0 Å². The van der Waals surface area contributed by atoms with Gasteiger partial charge in [-0.15, -0.1) is 0 Å². The number of aliphatic hydroxyl groups is 1. The molecule has 0 saturated carbocycles. The third-order valence-electron chi connectivity index (χ3n) is 3.83. The molecular formula is C15H23NO4S. The zero-order valence-electron chi connectivity index (χ0n) is 12.7. The number of morpholine rings is 1. The lowest BCUT2D eigenvalue weighted by Crippen LogP contribution is -2.50. The van der Waals surface area contributed by atoms with E-state index in [0.717, 1.165) is 5.56 Å². The third kappa shape index (κ3) is 3.29. The normalized spacial score (nSPS) is 24.2. The molecule has 2 unspecified atom stereocenters. The van der Waals surface area contributed by atoms with Crippen molar-refractivity contribution in [2.45, 2.75) is 50.8 Å². The van der Waals surface area contributed by atoms with E-state index in [4.69, 9.17) is 4.74 Å². The molecule has 1 N–H and O–H groups in total. The quantitative estimate of drug-likeness (QED) is 0.915. The van der Waals surface area contributed by atoms with E-state index >= 15 is 0 Å². The summed E-state index contributed by atoms with van der Waals surface area (Å²) >= 11 is 0. The number of aryl methyl sites for hydroxylation is 1. The Morgan fingerprint density at radius 2 is 2.10 bits per heavy atom. The number of nitrogens with zero attached hydrogens (tertiary/aromatic N) is 1. The molecule has 1 aliphatic heterocycles. The van der Waals surface area contributed by atoms with Crippen molar-refractivity contribution in [3.8, 4) is 0 Å². The van der Waals surface area contributed by atoms with Gasteiger partial charge in [0.25, 0.3) is 0 Å². The Morgan fingerprint density at radius 1 is 1.38 bits per heavy atom. The molecule has 1 saturated heterocycles. The van der Waals surface area contributed by atoms with Crippen molar-refractivity contribution in [1.29, 1.82) is 0 Å². The van der Waals surface area contributed by atoms with Gasteiger partial charge in [-0.05, 0) is 37.5 Å². The van der Waals surface area contributed by atoms with Crippen molar-refractivity contribution >= 4 is 10.0 Å². The highest BCUT2D eigenvalue weighted by molar-refractivity contribution is 7.89. The molecular weight excluding hydrogens is 290 g/mol. The van der Waals surface area contributed by atoms with Crippen LogP contribution in [0.25, 0.3) is 0 Å². The summed E-state index contributed by atoms with van der Waals surface area (Å²) in [6, 6.07) is 4.95. The highest BCUT2D eigenvalue weighted by Crippen LogP contribution is 2.26. The summed E-state index contributed by atoms with van der Waals surface area (Å²) < 4.78 is 33.0. The minimum atomic E-state index is -3.58. The van der Waals surface area contributed by atoms with Crippen LogP contribution in [0.1, 0.15) is 31.9 Å². The average molecular weight is 313 g/mol. The van der Waals surface area contributed by atoms with Crippen LogP contribution in [0.4, 0.5) is 0 Å². The van der Waals surface area contributed by atoms with E-state index in [-0.39, 0.29) is 18.8 Å². The smallest absolute Gasteiger partial charge is 0.243 e. The second-order valence-corrected chi connectivity index (χ2v) is 7.38. The van der Waals surface area contributed by atoms with Crippen LogP contribution in [-0.2, 0) is 27.8 Å². The molecule has 118 valence electrons. The largest absolute Gasteiger partial charge is 0.392 e. The second-order valence-electron chi connectivity index (χ2n) is 5.52. The molecule has 1 heterocycles. The molecule has 0 bridgehead atoms. The molecule has 2 rings (SSSR count). The van der Waals surface area contributed by atoms with Crippen molar-refractivity contribution < 1.29 is 18.3 Å². The molecule has 1 aromatic rings. The average Bonchev–Trinajstić information content (AvgIpc) is 2.48. The van der Waals surface area contributed by atoms with Crippen LogP contribution in [-0.4, -0.2) is 43.1 Å². The van der Waals surface area contributed by atoms with Crippen molar-refractivity contribution in [3.63, 3.8) is 0 Å². The number of ether oxygens (including phenoxy) is 1. The van der Waals surface area contributed by atoms with Gasteiger partial charge in [0.1, 0.15) is 0 Å². The fraction of sp³-hybridized carbons (Fsp3) is 0.600. The van der Waals surface area contributed by atoms with Crippen molar-refractivity contribution in [2.24, 2.45) is 0 Å². The summed E-state index contributed by atoms with van der Waals surface area (Å²) in [4.78, 5) is 0.303. The zero-order valence-corrected chi connectivity index (χ0v) is 13.6. The van der Waals surface area contributed by atoms with Crippen molar-refractivity contribution in [2.75, 3.05) is 13.2 Å². The van der Waals surface area contributed by atoms with Gasteiger partial charge in [0.05, 0.1) is 24.2 Å². The number of benzene rings is 1. The summed E-state index contributed by atoms with van der Waals surface area (Å²) in [7, 11) is -3.58. The Kier molecular flexibility index (Phi) is 5.03. The van der Waals surface area contributed by atoms with Crippen LogP contribution in [0.2, 0.25) is 0 Å². The Morgan fingerprint density at radius 3 is 2.71 bits per heavy atom. The fourth-order valence-corrected chi connectivity index (χ4v) is 4.60. The summed E-state index contributed by atoms with van der Waals surface area (Å²) in [5.41, 5.74) is 1.39. The van der Waals surface area contributed by atoms with Gasteiger partial charge < -0.3 is 9.84 Å². The fourth-order valence-electron chi connectivity index (χ4n) is 2.56. The lowest BCUT2D eigenvalue weighted by atomic mass is 10.1. The number of hydrogen-bond donors (Lipinski definition) is 1. The molecule has 6 heteroatoms. The van der Waals surface area contributed by atoms with Gasteiger partial charge in [0.2, 0.25) is 10.0 Å². The Balaban J connectivity index is 2.47. The number of aliphatic hydroxyl groups excluding tert-OH is 1. The third-order valence-corrected chi connectivity index (χ3v) is 5.89. The first kappa shape index (κ1) is 16.4. The molecule has 2 atom stereocenters. The van der Waals surface area contributed by atoms with Crippen LogP contribution < -0.4 is 0 Å². The lowest BCUT2D eigenvalue weighted by Gasteiger charge is -2.36. The van der Waals surface area contributed by atoms with E-state index in [1.54, 1.807) is 18.2 Å². The zero-order chi connectivity index (χ0) is 15.6. The monoisotopic (exact) mass is 313 g/mol. The van der Waals surface area contributed by atoms with Gasteiger partial charge in [0.15, 0.2) is 0 Å². The summed E-state index contributed by atoms with van der Waals surface area (Å²) in [6.07, 6.45) is 0.524. The molecule has 1 aromatic carbocycles. The molecule has 0 amide bonds. The maximum atomic E-state index is 13.0. The maximum Gasteiger partial charge on any atom is 0.243 e. The maximum absolute atomic E-state index is 13.0. The van der Waals surface area contributed by atoms with E-state index in [0.29, 0.717) is 30.0 Å². The molecule has 5 nitrogen and oxygen atoms in total. The first-order valence-electron chi connectivity index (χ1n) is 7.26. The molecule has 0 aliphatic carbocycles. The van der Waals surface area contributed by atoms with E-state index in [1.165, 1.54) is 4.31 Å². The number of rotatable bonds is 4. The first-order chi connectivity index (χ1) is 9.90. The van der Waals surface area contributed by atoms with Crippen LogP contribution in [0.3, 0.4) is 0 Å². The van der Waals surface area contributed by atoms with Gasteiger partial charge in [-0.1, -0.05) is 19.1 Å². The second kappa shape index (κ2) is 6.44. The minimum Gasteiger partial charge on any atom is -0.392 e. The summed E-state index contributed by atoms with van der Waals surface area (Å²) in [6.45, 7) is 6.25. The standard InChI is InChI=1S/C15H23NO4S/c1-4-14-6-5-13(9-17)7-15(14)21(18,19)16-8-12(3)20-10-11(16)2/h5-7,11-12,17H,4,8-10H2,1-3H3. The van der Waals surface area contributed by atoms with Gasteiger partial charge in [-0.2, -0.15) is 4.31 Å². The van der Waals surface area contributed by atoms with Gasteiger partial charge >= 0.3 is 0 Å². The highest BCUT2D eigenvalue weighted by Gasteiger charge is 2.35. The minimum absolute atomic E-state index is 0.109. The number of sulfonamides is 1. The summed E-state index contributed by atoms with van der Waals surface area (Å²) in [5.74, 6) is 0. The molecule has 1 fully saturated rings. The predicted molar refractivity (Wildman–Crippen MR) is 80.5 cm³/mol. The predicted octanol–water partition coefficient (Wildman–Crippen LogP) is 1.54. The van der Waals surface area contributed by atoms with Crippen molar-refractivity contribution in [3.05, 3.63) is 29.3 Å². The lowest BCUT2D eigenvalue weighted by molar-refractivity contribution is -0.0170. The topological polar surface area (TPSA) is 66.8 Å². The molecule has 1 aliphatic rings. The van der Waals surface area contributed by atoms with E-state index in [1.807, 2.05) is 20.8 Å². The van der Waals surface area contributed by atoms with Crippen LogP contribution in [0.15, 0.2) is 23.1 Å². The van der Waals surface area contributed by atoms with Crippen LogP contribution in [0, 0.1) is 0 Å². The molecule has 21 heavy (non-hydrogen) atoms. The molecule has 0 aromatic heterocycles. The highest BCUT2D eigenvalue weighted by atomic mass is 32.2. The molecule has 0 spiro atoms. The van der Waals surface area contributed by atoms with Crippen molar-refractivity contribution in [1.82, 2.24) is 4.31 Å². The summed E-state index contributed by atoms with van der Waals surface area (Å²) in [5, 5.41) is 9.27. The van der Waals surface area contributed by atoms with E-state index in [9.17, 15) is 13.5 Å². The SMILES string of the molecule is CCc1ccc(CO)cc1S(=O)(=O)N1CC(C)OCC1C. The Labute approximate surface area is 126 Å². The van der Waals surface area contributed by atoms with Crippen LogP contribution in [0.5, 0.6) is 0 Å². The first-order valence-corrected chi connectivity index (χ1v) is 8.70. The van der Waals surface area contributed by atoms with Gasteiger partial charge in [-0.25, -0.2) is 8.42 Å². The van der Waals surface area contributed by atoms with Gasteiger partial charge in [0, 0.05) is 12.6 Å². The Hall–Kier alpha value is -0.950. The van der Waals surface area contributed by atoms with Crippen LogP contribution >= 0.6 is 0 Å². The van der Waals surface area contributed by atoms with E-state index in [2.05, 4.69) is 0 Å². The molecule has 0 radical (unpaired) electrons. The van der Waals surface area contributed by atoms with E-state index < -0.39 is 10.0 Å². The number of hydrogen-bond acceptors (Lipinski definition) is 4. The Bertz CT molecular complexity index is 600.